The maximum Gasteiger partial charge on any atom is 0.158 e. The third-order valence-electron chi connectivity index (χ3n) is 7.53. The highest BCUT2D eigenvalue weighted by Gasteiger charge is 2.33. The van der Waals surface area contributed by atoms with Crippen LogP contribution in [-0.2, 0) is 12.8 Å². The van der Waals surface area contributed by atoms with Crippen molar-refractivity contribution in [2.75, 3.05) is 26.4 Å². The van der Waals surface area contributed by atoms with Gasteiger partial charge in [0.05, 0.1) is 13.2 Å². The minimum Gasteiger partial charge on any atom is -0.508 e. The van der Waals surface area contributed by atoms with Gasteiger partial charge in [0.25, 0.3) is 0 Å². The normalized spacial score (nSPS) is 20.3. The fourth-order valence-electron chi connectivity index (χ4n) is 5.18. The molecule has 12 heteroatoms. The summed E-state index contributed by atoms with van der Waals surface area (Å²) in [6.45, 7) is -2.70. The van der Waals surface area contributed by atoms with Gasteiger partial charge in [0.15, 0.2) is 23.0 Å². The van der Waals surface area contributed by atoms with E-state index in [4.69, 9.17) is 9.47 Å². The highest BCUT2D eigenvalue weighted by molar-refractivity contribution is 5.78. The van der Waals surface area contributed by atoms with Crippen molar-refractivity contribution in [1.82, 2.24) is 0 Å². The van der Waals surface area contributed by atoms with E-state index in [1.165, 1.54) is 60.7 Å². The Morgan fingerprint density at radius 1 is 0.500 bits per heavy atom. The zero-order chi connectivity index (χ0) is 31.8. The zero-order valence-electron chi connectivity index (χ0n) is 23.3. The number of ether oxygens (including phenoxy) is 2. The van der Waals surface area contributed by atoms with E-state index < -0.39 is 60.6 Å². The Bertz CT molecular complexity index is 1580. The average molecular weight is 609 g/mol. The maximum absolute atomic E-state index is 11.5. The Kier molecular flexibility index (Phi) is 8.10. The number of benzene rings is 4. The fourth-order valence-corrected chi connectivity index (χ4v) is 5.18. The fraction of sp³-hybridized carbons (Fsp3) is 0.250. The number of rotatable bonds is 2. The SMILES string of the molecule is OCC1(O)COc2cc(O)ccc2-c2cc(O)c(O)cc2CC(O)(CO)COc2cc(O)ccc2-c2cc(O)c(O)cc2C1. The standard InChI is InChI=1S/C32H32O12/c33-13-31(41)11-17-5-25(37)27(39)9-23(17)21-3-1-19(35)7-29(21)43-15-32(42,14-34)12-18-6-26(38)28(40)10-24(18)22-4-2-20(36)8-30(22)44-16-31/h1-10,33-42H,11-16H2. The second-order valence-electron chi connectivity index (χ2n) is 11.1. The molecule has 0 aromatic heterocycles. The lowest BCUT2D eigenvalue weighted by Crippen LogP contribution is -2.42. The van der Waals surface area contributed by atoms with Crippen LogP contribution in [0.5, 0.6) is 46.0 Å². The Labute approximate surface area is 251 Å². The zero-order valence-corrected chi connectivity index (χ0v) is 23.3. The second kappa shape index (κ2) is 11.7. The van der Waals surface area contributed by atoms with Crippen LogP contribution in [0.15, 0.2) is 60.7 Å². The van der Waals surface area contributed by atoms with Crippen molar-refractivity contribution >= 4 is 0 Å². The summed E-state index contributed by atoms with van der Waals surface area (Å²) in [6, 6.07) is 12.9. The van der Waals surface area contributed by atoms with Crippen molar-refractivity contribution in [3.63, 3.8) is 0 Å². The number of phenols is 6. The van der Waals surface area contributed by atoms with Gasteiger partial charge in [0.2, 0.25) is 0 Å². The van der Waals surface area contributed by atoms with E-state index in [-0.39, 0.29) is 69.2 Å². The monoisotopic (exact) mass is 608 g/mol. The molecule has 12 nitrogen and oxygen atoms in total. The van der Waals surface area contributed by atoms with Crippen molar-refractivity contribution < 1.29 is 60.5 Å². The highest BCUT2D eigenvalue weighted by atomic mass is 16.5. The number of hydrogen-bond donors (Lipinski definition) is 10. The van der Waals surface area contributed by atoms with Crippen LogP contribution in [0.2, 0.25) is 0 Å². The van der Waals surface area contributed by atoms with Crippen LogP contribution in [0, 0.1) is 0 Å². The maximum atomic E-state index is 11.5. The minimum absolute atomic E-state index is 0.00805. The number of aromatic hydroxyl groups is 6. The van der Waals surface area contributed by atoms with E-state index in [9.17, 15) is 51.1 Å². The van der Waals surface area contributed by atoms with E-state index in [2.05, 4.69) is 0 Å². The van der Waals surface area contributed by atoms with Crippen molar-refractivity contribution in [2.45, 2.75) is 24.0 Å². The number of phenolic OH excluding ortho intramolecular Hbond substituents is 6. The first kappa shape index (κ1) is 30.6. The van der Waals surface area contributed by atoms with Gasteiger partial charge in [-0.15, -0.1) is 0 Å². The first-order chi connectivity index (χ1) is 20.8. The summed E-state index contributed by atoms with van der Waals surface area (Å²) in [5.74, 6) is -2.42. The molecule has 0 aliphatic carbocycles. The summed E-state index contributed by atoms with van der Waals surface area (Å²) >= 11 is 0. The summed E-state index contributed by atoms with van der Waals surface area (Å²) in [5.41, 5.74) is -2.47. The molecule has 0 bridgehead atoms. The molecule has 0 amide bonds. The van der Waals surface area contributed by atoms with Crippen LogP contribution in [-0.4, -0.2) is 88.7 Å². The molecule has 0 radical (unpaired) electrons. The molecule has 4 aromatic carbocycles. The molecule has 5 rings (SSSR count). The van der Waals surface area contributed by atoms with Crippen LogP contribution in [0.3, 0.4) is 0 Å². The smallest absolute Gasteiger partial charge is 0.158 e. The van der Waals surface area contributed by atoms with E-state index in [0.29, 0.717) is 0 Å². The Balaban J connectivity index is 1.74. The van der Waals surface area contributed by atoms with Crippen molar-refractivity contribution in [3.05, 3.63) is 71.8 Å². The largest absolute Gasteiger partial charge is 0.508 e. The molecule has 1 aliphatic rings. The van der Waals surface area contributed by atoms with Gasteiger partial charge in [0, 0.05) is 36.1 Å². The first-order valence-corrected chi connectivity index (χ1v) is 13.5. The molecule has 232 valence electrons. The lowest BCUT2D eigenvalue weighted by molar-refractivity contribution is -0.0471. The van der Waals surface area contributed by atoms with E-state index in [0.717, 1.165) is 0 Å². The molecule has 0 saturated heterocycles. The Morgan fingerprint density at radius 2 is 0.864 bits per heavy atom. The summed E-state index contributed by atoms with van der Waals surface area (Å²) in [7, 11) is 0. The molecule has 10 N–H and O–H groups in total. The number of aliphatic hydroxyl groups excluding tert-OH is 2. The van der Waals surface area contributed by atoms with Crippen LogP contribution in [0.4, 0.5) is 0 Å². The molecule has 2 atom stereocenters. The van der Waals surface area contributed by atoms with Gasteiger partial charge in [0.1, 0.15) is 47.4 Å². The molecule has 0 saturated carbocycles. The van der Waals surface area contributed by atoms with Crippen molar-refractivity contribution in [1.29, 1.82) is 0 Å². The average Bonchev–Trinajstić information content (AvgIpc) is 2.98. The van der Waals surface area contributed by atoms with Gasteiger partial charge in [-0.25, -0.2) is 0 Å². The highest BCUT2D eigenvalue weighted by Crippen LogP contribution is 2.44. The van der Waals surface area contributed by atoms with Gasteiger partial charge in [-0.3, -0.25) is 0 Å². The first-order valence-electron chi connectivity index (χ1n) is 13.5. The van der Waals surface area contributed by atoms with E-state index in [1.54, 1.807) is 0 Å². The summed E-state index contributed by atoms with van der Waals surface area (Å²) in [6.07, 6.45) is -0.653. The van der Waals surface area contributed by atoms with E-state index >= 15 is 0 Å². The van der Waals surface area contributed by atoms with Gasteiger partial charge in [-0.05, 0) is 70.8 Å². The molecule has 0 spiro atoms. The quantitative estimate of drug-likeness (QED) is 0.148. The summed E-state index contributed by atoms with van der Waals surface area (Å²) in [4.78, 5) is 0. The predicted octanol–water partition coefficient (Wildman–Crippen LogP) is 2.26. The lowest BCUT2D eigenvalue weighted by atomic mass is 9.88. The van der Waals surface area contributed by atoms with Gasteiger partial charge >= 0.3 is 0 Å². The minimum atomic E-state index is -1.98. The predicted molar refractivity (Wildman–Crippen MR) is 156 cm³/mol. The van der Waals surface area contributed by atoms with Crippen LogP contribution < -0.4 is 9.47 Å². The van der Waals surface area contributed by atoms with Crippen LogP contribution in [0.25, 0.3) is 22.3 Å². The molecular weight excluding hydrogens is 576 g/mol. The third-order valence-corrected chi connectivity index (χ3v) is 7.53. The molecular formula is C32H32O12. The number of hydrogen-bond acceptors (Lipinski definition) is 12. The van der Waals surface area contributed by atoms with Crippen molar-refractivity contribution in [2.24, 2.45) is 0 Å². The van der Waals surface area contributed by atoms with E-state index in [1.807, 2.05) is 0 Å². The number of aliphatic hydroxyl groups is 4. The van der Waals surface area contributed by atoms with Crippen molar-refractivity contribution in [3.8, 4) is 68.2 Å². The van der Waals surface area contributed by atoms with Crippen LogP contribution in [0.1, 0.15) is 11.1 Å². The molecule has 0 fully saturated rings. The van der Waals surface area contributed by atoms with Crippen LogP contribution >= 0.6 is 0 Å². The van der Waals surface area contributed by atoms with Gasteiger partial charge < -0.3 is 60.5 Å². The Morgan fingerprint density at radius 3 is 1.23 bits per heavy atom. The summed E-state index contributed by atoms with van der Waals surface area (Å²) < 4.78 is 11.9. The topological polar surface area (TPSA) is 221 Å². The second-order valence-corrected chi connectivity index (χ2v) is 11.1. The Hall–Kier alpha value is -4.88. The lowest BCUT2D eigenvalue weighted by Gasteiger charge is -2.30. The number of fused-ring (bicyclic) bond motifs is 6. The van der Waals surface area contributed by atoms with Gasteiger partial charge in [-0.1, -0.05) is 0 Å². The van der Waals surface area contributed by atoms with Gasteiger partial charge in [-0.2, -0.15) is 0 Å². The third kappa shape index (κ3) is 6.10. The molecule has 1 heterocycles. The molecule has 44 heavy (non-hydrogen) atoms. The summed E-state index contributed by atoms with van der Waals surface area (Å²) in [5, 5.41) is 105. The molecule has 4 aromatic rings. The molecule has 2 unspecified atom stereocenters. The molecule has 1 aliphatic heterocycles.